The summed E-state index contributed by atoms with van der Waals surface area (Å²) in [6.45, 7) is 1.70. The Hall–Kier alpha value is -2.82. The van der Waals surface area contributed by atoms with E-state index in [1.165, 1.54) is 30.3 Å². The zero-order chi connectivity index (χ0) is 14.4. The first-order valence-corrected chi connectivity index (χ1v) is 5.91. The molecule has 1 aromatic heterocycles. The van der Waals surface area contributed by atoms with Crippen molar-refractivity contribution in [2.75, 3.05) is 0 Å². The summed E-state index contributed by atoms with van der Waals surface area (Å²) in [6.07, 6.45) is 0. The Morgan fingerprint density at radius 1 is 1.00 bits per heavy atom. The Labute approximate surface area is 112 Å². The van der Waals surface area contributed by atoms with E-state index in [9.17, 15) is 19.8 Å². The number of aromatic hydroxyl groups is 2. The molecule has 0 unspecified atom stereocenters. The molecule has 20 heavy (non-hydrogen) atoms. The minimum Gasteiger partial charge on any atom is -0.507 e. The Bertz CT molecular complexity index is 969. The molecule has 0 amide bonds. The Kier molecular flexibility index (Phi) is 2.50. The maximum absolute atomic E-state index is 12.5. The zero-order valence-corrected chi connectivity index (χ0v) is 10.5. The fraction of sp³-hybridized carbons (Fsp3) is 0.0667. The van der Waals surface area contributed by atoms with Crippen LogP contribution in [0.2, 0.25) is 0 Å². The van der Waals surface area contributed by atoms with Crippen LogP contribution in [-0.2, 0) is 0 Å². The van der Waals surface area contributed by atoms with Crippen molar-refractivity contribution in [1.82, 2.24) is 0 Å². The van der Waals surface area contributed by atoms with Gasteiger partial charge in [-0.05, 0) is 36.8 Å². The SMILES string of the molecule is Cc1cc(O)c2c(=O)c3c(O)cccc3c(=O)oc2c1. The van der Waals surface area contributed by atoms with Crippen molar-refractivity contribution >= 4 is 21.7 Å². The third kappa shape index (κ3) is 1.64. The van der Waals surface area contributed by atoms with E-state index in [1.807, 2.05) is 0 Å². The van der Waals surface area contributed by atoms with Crippen LogP contribution in [0.25, 0.3) is 21.7 Å². The highest BCUT2D eigenvalue weighted by molar-refractivity contribution is 5.95. The molecule has 5 nitrogen and oxygen atoms in total. The van der Waals surface area contributed by atoms with E-state index in [1.54, 1.807) is 6.92 Å². The summed E-state index contributed by atoms with van der Waals surface area (Å²) < 4.78 is 5.14. The van der Waals surface area contributed by atoms with Crippen molar-refractivity contribution in [3.63, 3.8) is 0 Å². The lowest BCUT2D eigenvalue weighted by atomic mass is 10.1. The number of phenols is 2. The average molecular weight is 270 g/mol. The maximum Gasteiger partial charge on any atom is 0.344 e. The van der Waals surface area contributed by atoms with Crippen LogP contribution < -0.4 is 11.1 Å². The number of aryl methyl sites for hydroxylation is 1. The molecular formula is C15H10O5. The van der Waals surface area contributed by atoms with Crippen LogP contribution >= 0.6 is 0 Å². The van der Waals surface area contributed by atoms with Gasteiger partial charge >= 0.3 is 5.63 Å². The van der Waals surface area contributed by atoms with Crippen LogP contribution in [-0.4, -0.2) is 10.2 Å². The van der Waals surface area contributed by atoms with Gasteiger partial charge in [0.15, 0.2) is 0 Å². The van der Waals surface area contributed by atoms with E-state index in [-0.39, 0.29) is 33.2 Å². The molecule has 3 rings (SSSR count). The standard InChI is InChI=1S/C15H10O5/c1-7-5-10(17)13-11(6-7)20-15(19)8-3-2-4-9(16)12(8)14(13)18/h2-6,16-17H,1H3. The summed E-state index contributed by atoms with van der Waals surface area (Å²) in [5.41, 5.74) is -0.741. The predicted octanol–water partition coefficient (Wildman–Crippen LogP) is 2.03. The summed E-state index contributed by atoms with van der Waals surface area (Å²) in [5.74, 6) is -0.605. The fourth-order valence-corrected chi connectivity index (χ4v) is 2.27. The largest absolute Gasteiger partial charge is 0.507 e. The van der Waals surface area contributed by atoms with Gasteiger partial charge in [0.25, 0.3) is 0 Å². The molecule has 2 aromatic carbocycles. The van der Waals surface area contributed by atoms with Crippen LogP contribution in [0.4, 0.5) is 0 Å². The molecule has 1 heterocycles. The average Bonchev–Trinajstić information content (AvgIpc) is 2.46. The van der Waals surface area contributed by atoms with Crippen LogP contribution in [0.3, 0.4) is 0 Å². The summed E-state index contributed by atoms with van der Waals surface area (Å²) in [7, 11) is 0. The molecule has 0 saturated heterocycles. The third-order valence-corrected chi connectivity index (χ3v) is 3.14. The molecule has 0 aliphatic heterocycles. The minimum atomic E-state index is -0.743. The second-order valence-electron chi connectivity index (χ2n) is 4.58. The fourth-order valence-electron chi connectivity index (χ4n) is 2.27. The summed E-state index contributed by atoms with van der Waals surface area (Å²) in [5, 5.41) is 19.5. The quantitative estimate of drug-likeness (QED) is 0.652. The van der Waals surface area contributed by atoms with E-state index in [0.29, 0.717) is 5.56 Å². The van der Waals surface area contributed by atoms with Crippen molar-refractivity contribution in [2.24, 2.45) is 0 Å². The van der Waals surface area contributed by atoms with Gasteiger partial charge in [0.2, 0.25) is 5.43 Å². The summed E-state index contributed by atoms with van der Waals surface area (Å²) in [4.78, 5) is 24.5. The monoisotopic (exact) mass is 270 g/mol. The second-order valence-corrected chi connectivity index (χ2v) is 4.58. The van der Waals surface area contributed by atoms with Gasteiger partial charge in [-0.15, -0.1) is 0 Å². The normalized spacial score (nSPS) is 11.1. The molecule has 100 valence electrons. The third-order valence-electron chi connectivity index (χ3n) is 3.14. The highest BCUT2D eigenvalue weighted by atomic mass is 16.4. The van der Waals surface area contributed by atoms with Gasteiger partial charge in [0.1, 0.15) is 22.5 Å². The molecule has 0 atom stereocenters. The number of rotatable bonds is 0. The van der Waals surface area contributed by atoms with Crippen molar-refractivity contribution in [3.05, 3.63) is 56.5 Å². The highest BCUT2D eigenvalue weighted by Crippen LogP contribution is 2.26. The van der Waals surface area contributed by atoms with E-state index < -0.39 is 11.1 Å². The number of phenolic OH excluding ortho intramolecular Hbond substituents is 2. The van der Waals surface area contributed by atoms with Gasteiger partial charge in [-0.3, -0.25) is 4.79 Å². The van der Waals surface area contributed by atoms with Gasteiger partial charge < -0.3 is 14.6 Å². The second kappa shape index (κ2) is 4.09. The van der Waals surface area contributed by atoms with Crippen LogP contribution in [0.15, 0.2) is 44.3 Å². The zero-order valence-electron chi connectivity index (χ0n) is 10.5. The molecule has 5 heteroatoms. The lowest BCUT2D eigenvalue weighted by molar-refractivity contribution is 0.479. The Balaban J connectivity index is 2.80. The lowest BCUT2D eigenvalue weighted by Crippen LogP contribution is -2.01. The smallest absolute Gasteiger partial charge is 0.344 e. The molecule has 0 aliphatic rings. The van der Waals surface area contributed by atoms with E-state index >= 15 is 0 Å². The first kappa shape index (κ1) is 12.2. The van der Waals surface area contributed by atoms with Crippen molar-refractivity contribution in [3.8, 4) is 11.5 Å². The van der Waals surface area contributed by atoms with E-state index in [0.717, 1.165) is 0 Å². The first-order chi connectivity index (χ1) is 9.49. The molecule has 0 fully saturated rings. The Morgan fingerprint density at radius 3 is 2.50 bits per heavy atom. The van der Waals surface area contributed by atoms with Crippen molar-refractivity contribution in [1.29, 1.82) is 0 Å². The molecule has 0 saturated carbocycles. The summed E-state index contributed by atoms with van der Waals surface area (Å²) in [6, 6.07) is 7.04. The molecule has 2 N–H and O–H groups in total. The van der Waals surface area contributed by atoms with Gasteiger partial charge in [0, 0.05) is 0 Å². The van der Waals surface area contributed by atoms with Gasteiger partial charge in [-0.1, -0.05) is 6.07 Å². The molecule has 3 aromatic rings. The van der Waals surface area contributed by atoms with E-state index in [4.69, 9.17) is 4.42 Å². The Morgan fingerprint density at radius 2 is 1.75 bits per heavy atom. The topological polar surface area (TPSA) is 87.7 Å². The number of hydrogen-bond donors (Lipinski definition) is 2. The van der Waals surface area contributed by atoms with Crippen molar-refractivity contribution < 1.29 is 14.6 Å². The predicted molar refractivity (Wildman–Crippen MR) is 74.3 cm³/mol. The molecule has 0 aliphatic carbocycles. The highest BCUT2D eigenvalue weighted by Gasteiger charge is 2.14. The van der Waals surface area contributed by atoms with Gasteiger partial charge in [-0.2, -0.15) is 0 Å². The number of fused-ring (bicyclic) bond motifs is 2. The number of hydrogen-bond acceptors (Lipinski definition) is 5. The van der Waals surface area contributed by atoms with Gasteiger partial charge in [0.05, 0.1) is 10.8 Å². The van der Waals surface area contributed by atoms with Crippen LogP contribution in [0.1, 0.15) is 5.56 Å². The molecule has 0 radical (unpaired) electrons. The molecule has 0 spiro atoms. The summed E-state index contributed by atoms with van der Waals surface area (Å²) >= 11 is 0. The van der Waals surface area contributed by atoms with Gasteiger partial charge in [-0.25, -0.2) is 4.79 Å². The molecular weight excluding hydrogens is 260 g/mol. The maximum atomic E-state index is 12.5. The lowest BCUT2D eigenvalue weighted by Gasteiger charge is -1.98. The first-order valence-electron chi connectivity index (χ1n) is 5.91. The van der Waals surface area contributed by atoms with Crippen LogP contribution in [0.5, 0.6) is 11.5 Å². The van der Waals surface area contributed by atoms with Crippen LogP contribution in [0, 0.1) is 6.92 Å². The molecule has 0 bridgehead atoms. The van der Waals surface area contributed by atoms with Crippen molar-refractivity contribution in [2.45, 2.75) is 6.92 Å². The van der Waals surface area contributed by atoms with E-state index in [2.05, 4.69) is 0 Å². The number of benzene rings is 2. The minimum absolute atomic E-state index is 0.00639.